The van der Waals surface area contributed by atoms with Crippen molar-refractivity contribution in [2.24, 2.45) is 0 Å². The molecule has 0 saturated heterocycles. The fraction of sp³-hybridized carbons (Fsp3) is 0.214. The molecule has 0 unspecified atom stereocenters. The molecule has 1 aromatic heterocycles. The van der Waals surface area contributed by atoms with Gasteiger partial charge < -0.3 is 17.7 Å². The van der Waals surface area contributed by atoms with Crippen LogP contribution in [0.5, 0.6) is 5.75 Å². The molecule has 0 aliphatic heterocycles. The number of hydrogen-bond donors (Lipinski definition) is 0. The number of pyridine rings is 1. The molecule has 0 N–H and O–H groups in total. The zero-order valence-electron chi connectivity index (χ0n) is 12.2. The third kappa shape index (κ3) is 5.75. The standard InChI is InChI=1S/C14H14BF3NO.K/c1-10-3-11(2)5-12(4-10)9-20-14-6-13(7-19-8-14)15(16,17)18;/h3-8H,9H2,1-2H3;/q-1;+1. The van der Waals surface area contributed by atoms with Crippen LogP contribution in [0.15, 0.2) is 36.7 Å². The smallest absolute Gasteiger partial charge is 0.487 e. The second-order valence-electron chi connectivity index (χ2n) is 4.81. The van der Waals surface area contributed by atoms with Gasteiger partial charge in [-0.2, -0.15) is 0 Å². The van der Waals surface area contributed by atoms with Gasteiger partial charge in [-0.15, -0.1) is 0 Å². The van der Waals surface area contributed by atoms with E-state index < -0.39 is 12.4 Å². The minimum absolute atomic E-state index is 0. The predicted octanol–water partition coefficient (Wildman–Crippen LogP) is 0.336. The third-order valence-corrected chi connectivity index (χ3v) is 2.80. The summed E-state index contributed by atoms with van der Waals surface area (Å²) in [5, 5.41) is 0. The van der Waals surface area contributed by atoms with Crippen LogP contribution in [0, 0.1) is 13.8 Å². The van der Waals surface area contributed by atoms with Gasteiger partial charge in [0, 0.05) is 6.20 Å². The quantitative estimate of drug-likeness (QED) is 0.758. The molecule has 2 rings (SSSR count). The predicted molar refractivity (Wildman–Crippen MR) is 73.2 cm³/mol. The van der Waals surface area contributed by atoms with Crippen molar-refractivity contribution in [3.63, 3.8) is 0 Å². The van der Waals surface area contributed by atoms with E-state index in [2.05, 4.69) is 4.98 Å². The average molecular weight is 319 g/mol. The summed E-state index contributed by atoms with van der Waals surface area (Å²) in [6, 6.07) is 6.89. The van der Waals surface area contributed by atoms with E-state index in [1.54, 1.807) is 0 Å². The minimum atomic E-state index is -5.05. The Bertz CT molecular complexity index is 599. The van der Waals surface area contributed by atoms with Crippen LogP contribution in [-0.4, -0.2) is 12.0 Å². The van der Waals surface area contributed by atoms with Crippen molar-refractivity contribution in [3.8, 4) is 5.75 Å². The Morgan fingerprint density at radius 1 is 1.00 bits per heavy atom. The molecular formula is C14H14BF3KNO. The first-order valence-electron chi connectivity index (χ1n) is 6.19. The van der Waals surface area contributed by atoms with Crippen LogP contribution in [0.25, 0.3) is 0 Å². The molecule has 0 bridgehead atoms. The number of hydrogen-bond acceptors (Lipinski definition) is 2. The van der Waals surface area contributed by atoms with Crippen LogP contribution in [0.4, 0.5) is 12.9 Å². The molecule has 1 aromatic carbocycles. The number of halogens is 3. The zero-order chi connectivity index (χ0) is 14.8. The molecule has 106 valence electrons. The topological polar surface area (TPSA) is 22.1 Å². The van der Waals surface area contributed by atoms with Crippen molar-refractivity contribution in [2.75, 3.05) is 0 Å². The molecule has 0 aliphatic carbocycles. The van der Waals surface area contributed by atoms with E-state index in [0.717, 1.165) is 29.0 Å². The van der Waals surface area contributed by atoms with E-state index in [0.29, 0.717) is 0 Å². The monoisotopic (exact) mass is 319 g/mol. The van der Waals surface area contributed by atoms with Gasteiger partial charge in [-0.3, -0.25) is 4.98 Å². The molecule has 0 aliphatic rings. The third-order valence-electron chi connectivity index (χ3n) is 2.80. The van der Waals surface area contributed by atoms with Gasteiger partial charge in [0.25, 0.3) is 0 Å². The number of nitrogens with zero attached hydrogens (tertiary/aromatic N) is 1. The number of benzene rings is 1. The molecular weight excluding hydrogens is 305 g/mol. The largest absolute Gasteiger partial charge is 1.00 e. The molecule has 0 saturated carbocycles. The normalized spacial score (nSPS) is 10.9. The Kier molecular flexibility index (Phi) is 6.93. The Morgan fingerprint density at radius 3 is 2.19 bits per heavy atom. The van der Waals surface area contributed by atoms with E-state index in [1.807, 2.05) is 32.0 Å². The first-order valence-corrected chi connectivity index (χ1v) is 6.19. The molecule has 7 heteroatoms. The Balaban J connectivity index is 0.00000220. The summed E-state index contributed by atoms with van der Waals surface area (Å²) in [6.07, 6.45) is 2.09. The molecule has 0 atom stereocenters. The van der Waals surface area contributed by atoms with Gasteiger partial charge in [0.05, 0.1) is 6.20 Å². The minimum Gasteiger partial charge on any atom is -0.487 e. The van der Waals surface area contributed by atoms with Gasteiger partial charge in [0.1, 0.15) is 12.4 Å². The van der Waals surface area contributed by atoms with Crippen molar-refractivity contribution in [1.29, 1.82) is 0 Å². The summed E-state index contributed by atoms with van der Waals surface area (Å²) >= 11 is 0. The zero-order valence-corrected chi connectivity index (χ0v) is 15.4. The van der Waals surface area contributed by atoms with E-state index in [-0.39, 0.29) is 63.7 Å². The molecule has 0 amide bonds. The van der Waals surface area contributed by atoms with Crippen molar-refractivity contribution in [2.45, 2.75) is 20.5 Å². The van der Waals surface area contributed by atoms with Crippen molar-refractivity contribution < 1.29 is 69.1 Å². The van der Waals surface area contributed by atoms with Crippen molar-refractivity contribution >= 4 is 12.4 Å². The summed E-state index contributed by atoms with van der Waals surface area (Å²) in [7, 11) is 0. The van der Waals surface area contributed by atoms with Gasteiger partial charge in [0.15, 0.2) is 0 Å². The number of ether oxygens (including phenoxy) is 1. The van der Waals surface area contributed by atoms with E-state index >= 15 is 0 Å². The van der Waals surface area contributed by atoms with E-state index in [1.165, 1.54) is 6.20 Å². The van der Waals surface area contributed by atoms with Gasteiger partial charge in [-0.05, 0) is 25.5 Å². The fourth-order valence-electron chi connectivity index (χ4n) is 2.01. The number of aryl methyl sites for hydroxylation is 2. The molecule has 1 heterocycles. The molecule has 2 nitrogen and oxygen atoms in total. The van der Waals surface area contributed by atoms with Crippen LogP contribution < -0.4 is 61.6 Å². The Morgan fingerprint density at radius 2 is 1.62 bits per heavy atom. The molecule has 21 heavy (non-hydrogen) atoms. The van der Waals surface area contributed by atoms with E-state index in [4.69, 9.17) is 4.74 Å². The molecule has 0 fully saturated rings. The molecule has 0 radical (unpaired) electrons. The maximum atomic E-state index is 12.6. The summed E-state index contributed by atoms with van der Waals surface area (Å²) in [4.78, 5) is 3.57. The van der Waals surface area contributed by atoms with Gasteiger partial charge >= 0.3 is 58.4 Å². The van der Waals surface area contributed by atoms with Crippen LogP contribution in [0.1, 0.15) is 16.7 Å². The summed E-state index contributed by atoms with van der Waals surface area (Å²) in [5.41, 5.74) is 2.36. The summed E-state index contributed by atoms with van der Waals surface area (Å²) < 4.78 is 43.2. The first-order chi connectivity index (χ1) is 9.34. The van der Waals surface area contributed by atoms with Crippen molar-refractivity contribution in [3.05, 3.63) is 53.3 Å². The van der Waals surface area contributed by atoms with Gasteiger partial charge in [0.2, 0.25) is 0 Å². The van der Waals surface area contributed by atoms with Gasteiger partial charge in [-0.25, -0.2) is 0 Å². The maximum Gasteiger partial charge on any atom is 1.00 e. The SMILES string of the molecule is Cc1cc(C)cc(COc2cncc([B-](F)(F)F)c2)c1.[K+]. The van der Waals surface area contributed by atoms with Crippen molar-refractivity contribution in [1.82, 2.24) is 4.98 Å². The Labute approximate surface area is 164 Å². The molecule has 2 aromatic rings. The van der Waals surface area contributed by atoms with Crippen LogP contribution in [0.2, 0.25) is 0 Å². The number of aromatic nitrogens is 1. The first kappa shape index (κ1) is 18.7. The van der Waals surface area contributed by atoms with Crippen LogP contribution in [0.3, 0.4) is 0 Å². The Hall–Kier alpha value is -0.339. The average Bonchev–Trinajstić information content (AvgIpc) is 2.35. The van der Waals surface area contributed by atoms with Gasteiger partial charge in [-0.1, -0.05) is 34.8 Å². The second-order valence-corrected chi connectivity index (χ2v) is 4.81. The van der Waals surface area contributed by atoms with Crippen LogP contribution >= 0.6 is 0 Å². The maximum absolute atomic E-state index is 12.6. The molecule has 0 spiro atoms. The summed E-state index contributed by atoms with van der Waals surface area (Å²) in [6.45, 7) is -0.904. The fourth-order valence-corrected chi connectivity index (χ4v) is 2.01. The van der Waals surface area contributed by atoms with E-state index in [9.17, 15) is 12.9 Å². The summed E-state index contributed by atoms with van der Waals surface area (Å²) in [5.74, 6) is 0.126. The van der Waals surface area contributed by atoms with Crippen LogP contribution in [-0.2, 0) is 6.61 Å². The number of rotatable bonds is 4. The second kappa shape index (κ2) is 7.78.